The van der Waals surface area contributed by atoms with Crippen molar-refractivity contribution < 1.29 is 4.74 Å². The van der Waals surface area contributed by atoms with Gasteiger partial charge < -0.3 is 10.5 Å². The molecule has 0 saturated heterocycles. The van der Waals surface area contributed by atoms with Crippen molar-refractivity contribution in [3.05, 3.63) is 29.6 Å². The van der Waals surface area contributed by atoms with E-state index in [2.05, 4.69) is 16.9 Å². The lowest BCUT2D eigenvalue weighted by Crippen LogP contribution is -2.23. The van der Waals surface area contributed by atoms with Crippen LogP contribution in [-0.2, 0) is 11.3 Å². The van der Waals surface area contributed by atoms with Crippen LogP contribution < -0.4 is 5.73 Å². The van der Waals surface area contributed by atoms with Crippen LogP contribution in [0, 0.1) is 11.3 Å². The maximum absolute atomic E-state index is 7.38. The van der Waals surface area contributed by atoms with Gasteiger partial charge in [-0.3, -0.25) is 15.3 Å². The molecule has 5 heteroatoms. The van der Waals surface area contributed by atoms with Gasteiger partial charge in [0, 0.05) is 25.9 Å². The minimum Gasteiger partial charge on any atom is -0.382 e. The van der Waals surface area contributed by atoms with E-state index in [0.29, 0.717) is 5.69 Å². The highest BCUT2D eigenvalue weighted by atomic mass is 16.5. The summed E-state index contributed by atoms with van der Waals surface area (Å²) in [5, 5.41) is 7.38. The Kier molecular flexibility index (Phi) is 4.87. The first-order valence-corrected chi connectivity index (χ1v) is 6.71. The van der Waals surface area contributed by atoms with Crippen LogP contribution in [0.2, 0.25) is 0 Å². The molecule has 5 nitrogen and oxygen atoms in total. The summed E-state index contributed by atoms with van der Waals surface area (Å²) in [6, 6.07) is 3.82. The smallest absolute Gasteiger partial charge is 0.141 e. The summed E-state index contributed by atoms with van der Waals surface area (Å²) >= 11 is 0. The van der Waals surface area contributed by atoms with Gasteiger partial charge in [-0.25, -0.2) is 0 Å². The molecule has 1 aliphatic rings. The molecule has 0 aliphatic heterocycles. The van der Waals surface area contributed by atoms with Gasteiger partial charge in [-0.15, -0.1) is 0 Å². The minimum absolute atomic E-state index is 0.0114. The molecule has 1 aromatic rings. The molecule has 0 spiro atoms. The maximum Gasteiger partial charge on any atom is 0.141 e. The monoisotopic (exact) mass is 262 g/mol. The molecule has 0 amide bonds. The van der Waals surface area contributed by atoms with Gasteiger partial charge in [0.15, 0.2) is 0 Å². The molecular formula is C14H22N4O. The second-order valence-corrected chi connectivity index (χ2v) is 5.22. The quantitative estimate of drug-likeness (QED) is 0.420. The molecule has 19 heavy (non-hydrogen) atoms. The van der Waals surface area contributed by atoms with E-state index in [4.69, 9.17) is 15.9 Å². The zero-order valence-corrected chi connectivity index (χ0v) is 11.4. The summed E-state index contributed by atoms with van der Waals surface area (Å²) in [6.45, 7) is 3.41. The molecule has 1 fully saturated rings. The molecule has 104 valence electrons. The van der Waals surface area contributed by atoms with Gasteiger partial charge in [0.05, 0.1) is 6.61 Å². The van der Waals surface area contributed by atoms with E-state index < -0.39 is 0 Å². The first-order valence-electron chi connectivity index (χ1n) is 6.71. The van der Waals surface area contributed by atoms with Crippen LogP contribution in [0.25, 0.3) is 0 Å². The van der Waals surface area contributed by atoms with Crippen LogP contribution in [0.15, 0.2) is 18.3 Å². The number of nitrogen functional groups attached to an aromatic ring is 1. The third-order valence-electron chi connectivity index (χ3n) is 3.22. The van der Waals surface area contributed by atoms with E-state index in [1.807, 2.05) is 12.1 Å². The Morgan fingerprint density at radius 2 is 2.37 bits per heavy atom. The van der Waals surface area contributed by atoms with E-state index in [1.165, 1.54) is 12.8 Å². The first-order chi connectivity index (χ1) is 9.15. The Morgan fingerprint density at radius 1 is 1.58 bits per heavy atom. The third kappa shape index (κ3) is 4.96. The first kappa shape index (κ1) is 14.0. The summed E-state index contributed by atoms with van der Waals surface area (Å²) in [5.41, 5.74) is 7.09. The van der Waals surface area contributed by atoms with Gasteiger partial charge >= 0.3 is 0 Å². The number of hydrogen-bond acceptors (Lipinski definition) is 4. The highest BCUT2D eigenvalue weighted by molar-refractivity contribution is 5.93. The summed E-state index contributed by atoms with van der Waals surface area (Å²) < 4.78 is 5.62. The summed E-state index contributed by atoms with van der Waals surface area (Å²) in [4.78, 5) is 6.26. The average molecular weight is 262 g/mol. The number of ether oxygens (including phenoxy) is 1. The van der Waals surface area contributed by atoms with E-state index in [9.17, 15) is 0 Å². The zero-order chi connectivity index (χ0) is 13.7. The second kappa shape index (κ2) is 6.63. The largest absolute Gasteiger partial charge is 0.382 e. The van der Waals surface area contributed by atoms with Crippen LogP contribution in [-0.4, -0.2) is 42.5 Å². The molecule has 0 atom stereocenters. The lowest BCUT2D eigenvalue weighted by Gasteiger charge is -2.17. The predicted molar refractivity (Wildman–Crippen MR) is 75.1 cm³/mol. The maximum atomic E-state index is 7.38. The van der Waals surface area contributed by atoms with Crippen molar-refractivity contribution in [3.63, 3.8) is 0 Å². The van der Waals surface area contributed by atoms with Gasteiger partial charge in [-0.2, -0.15) is 0 Å². The number of rotatable bonds is 8. The topological polar surface area (TPSA) is 75.2 Å². The molecule has 0 radical (unpaired) electrons. The molecule has 2 rings (SSSR count). The zero-order valence-electron chi connectivity index (χ0n) is 11.4. The molecule has 1 heterocycles. The summed E-state index contributed by atoms with van der Waals surface area (Å²) in [5.74, 6) is 0.834. The van der Waals surface area contributed by atoms with Gasteiger partial charge in [0.1, 0.15) is 11.5 Å². The lowest BCUT2D eigenvalue weighted by atomic mass is 10.2. The standard InChI is InChI=1S/C14H22N4O/c1-18(6-7-19-10-11-2-3-11)9-12-4-5-17-13(8-12)14(15)16/h4-5,8,11H,2-3,6-7,9-10H2,1H3,(H3,15,16). The summed E-state index contributed by atoms with van der Waals surface area (Å²) in [6.07, 6.45) is 4.37. The Morgan fingerprint density at radius 3 is 3.05 bits per heavy atom. The van der Waals surface area contributed by atoms with E-state index in [-0.39, 0.29) is 5.84 Å². The van der Waals surface area contributed by atoms with Crippen LogP contribution >= 0.6 is 0 Å². The Labute approximate surface area is 114 Å². The number of amidine groups is 1. The number of nitrogens with zero attached hydrogens (tertiary/aromatic N) is 2. The van der Waals surface area contributed by atoms with Gasteiger partial charge in [0.25, 0.3) is 0 Å². The molecule has 0 aromatic carbocycles. The van der Waals surface area contributed by atoms with E-state index >= 15 is 0 Å². The number of aromatic nitrogens is 1. The fraction of sp³-hybridized carbons (Fsp3) is 0.571. The van der Waals surface area contributed by atoms with Crippen molar-refractivity contribution in [1.29, 1.82) is 5.41 Å². The molecule has 1 aliphatic carbocycles. The molecule has 0 unspecified atom stereocenters. The summed E-state index contributed by atoms with van der Waals surface area (Å²) in [7, 11) is 2.06. The van der Waals surface area contributed by atoms with Gasteiger partial charge in [-0.1, -0.05) is 0 Å². The van der Waals surface area contributed by atoms with E-state index in [1.54, 1.807) is 6.20 Å². The van der Waals surface area contributed by atoms with Crippen LogP contribution in [0.5, 0.6) is 0 Å². The predicted octanol–water partition coefficient (Wildman–Crippen LogP) is 1.22. The molecule has 0 bridgehead atoms. The van der Waals surface area contributed by atoms with E-state index in [0.717, 1.165) is 37.8 Å². The fourth-order valence-corrected chi connectivity index (χ4v) is 1.87. The van der Waals surface area contributed by atoms with Crippen molar-refractivity contribution in [2.75, 3.05) is 26.8 Å². The normalized spacial score (nSPS) is 14.8. The number of nitrogens with two attached hydrogens (primary N) is 1. The van der Waals surface area contributed by atoms with Crippen molar-refractivity contribution in [2.24, 2.45) is 11.7 Å². The van der Waals surface area contributed by atoms with Crippen LogP contribution in [0.1, 0.15) is 24.1 Å². The van der Waals surface area contributed by atoms with Crippen molar-refractivity contribution in [2.45, 2.75) is 19.4 Å². The third-order valence-corrected chi connectivity index (χ3v) is 3.22. The fourth-order valence-electron chi connectivity index (χ4n) is 1.87. The highest BCUT2D eigenvalue weighted by Gasteiger charge is 2.20. The van der Waals surface area contributed by atoms with Gasteiger partial charge in [0.2, 0.25) is 0 Å². The number of likely N-dealkylation sites (N-methyl/N-ethyl adjacent to an activating group) is 1. The molecule has 1 saturated carbocycles. The highest BCUT2D eigenvalue weighted by Crippen LogP contribution is 2.28. The van der Waals surface area contributed by atoms with Gasteiger partial charge in [-0.05, 0) is 43.5 Å². The number of nitrogens with one attached hydrogen (secondary N) is 1. The minimum atomic E-state index is 0.0114. The Bertz CT molecular complexity index is 431. The lowest BCUT2D eigenvalue weighted by molar-refractivity contribution is 0.102. The van der Waals surface area contributed by atoms with Crippen molar-refractivity contribution in [1.82, 2.24) is 9.88 Å². The van der Waals surface area contributed by atoms with Crippen LogP contribution in [0.4, 0.5) is 0 Å². The molecular weight excluding hydrogens is 240 g/mol. The van der Waals surface area contributed by atoms with Crippen LogP contribution in [0.3, 0.4) is 0 Å². The second-order valence-electron chi connectivity index (χ2n) is 5.22. The number of hydrogen-bond donors (Lipinski definition) is 2. The molecule has 3 N–H and O–H groups in total. The molecule has 1 aromatic heterocycles. The van der Waals surface area contributed by atoms with Crippen molar-refractivity contribution in [3.8, 4) is 0 Å². The SMILES string of the molecule is CN(CCOCC1CC1)Cc1ccnc(C(=N)N)c1. The van der Waals surface area contributed by atoms with Crippen molar-refractivity contribution >= 4 is 5.84 Å². The average Bonchev–Trinajstić information content (AvgIpc) is 3.19. The Hall–Kier alpha value is -1.46. The Balaban J connectivity index is 1.72. The number of pyridine rings is 1.